The average molecular weight is 441 g/mol. The molecule has 2 aromatic carbocycles. The van der Waals surface area contributed by atoms with Crippen LogP contribution in [0.2, 0.25) is 5.02 Å². The summed E-state index contributed by atoms with van der Waals surface area (Å²) in [6.45, 7) is 9.87. The predicted molar refractivity (Wildman–Crippen MR) is 127 cm³/mol. The fourth-order valence-corrected chi connectivity index (χ4v) is 4.32. The third-order valence-electron chi connectivity index (χ3n) is 5.84. The van der Waals surface area contributed by atoms with Crippen LogP contribution in [0.25, 0.3) is 11.0 Å². The van der Waals surface area contributed by atoms with Crippen LogP contribution in [0, 0.1) is 13.8 Å². The number of hydrogen-bond donors (Lipinski definition) is 0. The van der Waals surface area contributed by atoms with Crippen molar-refractivity contribution in [1.29, 1.82) is 0 Å². The van der Waals surface area contributed by atoms with Crippen molar-refractivity contribution in [2.45, 2.75) is 26.7 Å². The zero-order chi connectivity index (χ0) is 21.8. The fourth-order valence-electron chi connectivity index (χ4n) is 4.19. The minimum absolute atomic E-state index is 0.322. The largest absolute Gasteiger partial charge is 0.493 e. The Bertz CT molecular complexity index is 1090. The topological polar surface area (TPSA) is 45.9 Å². The summed E-state index contributed by atoms with van der Waals surface area (Å²) >= 11 is 5.99. The molecule has 2 heterocycles. The Hall–Kier alpha value is -2.50. The Kier molecular flexibility index (Phi) is 6.83. The maximum atomic E-state index is 11.7. The molecule has 0 amide bonds. The van der Waals surface area contributed by atoms with E-state index in [2.05, 4.69) is 21.9 Å². The molecule has 0 saturated carbocycles. The van der Waals surface area contributed by atoms with Gasteiger partial charge in [-0.3, -0.25) is 4.90 Å². The van der Waals surface area contributed by atoms with Crippen LogP contribution in [0.5, 0.6) is 5.75 Å². The van der Waals surface area contributed by atoms with Crippen molar-refractivity contribution in [2.24, 2.45) is 0 Å². The number of benzene rings is 2. The Morgan fingerprint density at radius 2 is 1.74 bits per heavy atom. The first-order valence-corrected chi connectivity index (χ1v) is 11.3. The highest BCUT2D eigenvalue weighted by atomic mass is 35.5. The van der Waals surface area contributed by atoms with Gasteiger partial charge in [0.25, 0.3) is 0 Å². The number of anilines is 1. The maximum absolute atomic E-state index is 11.7. The summed E-state index contributed by atoms with van der Waals surface area (Å²) in [5, 5.41) is 1.67. The molecule has 0 unspecified atom stereocenters. The van der Waals surface area contributed by atoms with Crippen molar-refractivity contribution < 1.29 is 9.15 Å². The van der Waals surface area contributed by atoms with E-state index in [9.17, 15) is 4.79 Å². The zero-order valence-corrected chi connectivity index (χ0v) is 19.0. The third kappa shape index (κ3) is 5.41. The maximum Gasteiger partial charge on any atom is 0.336 e. The van der Waals surface area contributed by atoms with Crippen molar-refractivity contribution in [3.8, 4) is 5.75 Å². The minimum atomic E-state index is -0.322. The van der Waals surface area contributed by atoms with Gasteiger partial charge in [-0.2, -0.15) is 0 Å². The summed E-state index contributed by atoms with van der Waals surface area (Å²) in [5.41, 5.74) is 3.43. The average Bonchev–Trinajstić information content (AvgIpc) is 2.73. The van der Waals surface area contributed by atoms with Crippen molar-refractivity contribution in [3.05, 3.63) is 69.0 Å². The molecule has 0 atom stereocenters. The van der Waals surface area contributed by atoms with Gasteiger partial charge in [-0.05, 0) is 80.8 Å². The van der Waals surface area contributed by atoms with Gasteiger partial charge in [0, 0.05) is 43.0 Å². The van der Waals surface area contributed by atoms with Crippen molar-refractivity contribution in [1.82, 2.24) is 4.90 Å². The lowest BCUT2D eigenvalue weighted by Gasteiger charge is -2.36. The Labute approximate surface area is 188 Å². The van der Waals surface area contributed by atoms with Gasteiger partial charge in [0.05, 0.1) is 12.0 Å². The molecule has 0 N–H and O–H groups in total. The van der Waals surface area contributed by atoms with Crippen LogP contribution >= 0.6 is 11.6 Å². The van der Waals surface area contributed by atoms with Gasteiger partial charge in [0.1, 0.15) is 11.3 Å². The molecule has 1 fully saturated rings. The highest BCUT2D eigenvalue weighted by molar-refractivity contribution is 6.30. The summed E-state index contributed by atoms with van der Waals surface area (Å²) in [5.74, 6) is 0.799. The summed E-state index contributed by atoms with van der Waals surface area (Å²) < 4.78 is 11.5. The van der Waals surface area contributed by atoms with E-state index in [1.807, 2.05) is 38.1 Å². The van der Waals surface area contributed by atoms with E-state index in [1.54, 1.807) is 0 Å². The monoisotopic (exact) mass is 440 g/mol. The molecular formula is C25H29ClN2O3. The molecule has 1 aliphatic heterocycles. The highest BCUT2D eigenvalue weighted by Gasteiger charge is 2.17. The number of unbranched alkanes of at least 4 members (excludes halogenated alkanes) is 1. The Morgan fingerprint density at radius 1 is 1.00 bits per heavy atom. The summed E-state index contributed by atoms with van der Waals surface area (Å²) in [4.78, 5) is 16.6. The van der Waals surface area contributed by atoms with Crippen molar-refractivity contribution in [2.75, 3.05) is 44.2 Å². The van der Waals surface area contributed by atoms with Crippen LogP contribution in [-0.4, -0.2) is 44.2 Å². The van der Waals surface area contributed by atoms with Crippen LogP contribution < -0.4 is 15.3 Å². The molecule has 3 aromatic rings. The molecule has 4 rings (SSSR count). The van der Waals surface area contributed by atoms with Gasteiger partial charge in [0.15, 0.2) is 0 Å². The molecular weight excluding hydrogens is 412 g/mol. The first-order chi connectivity index (χ1) is 15.0. The highest BCUT2D eigenvalue weighted by Crippen LogP contribution is 2.29. The molecule has 31 heavy (non-hydrogen) atoms. The normalized spacial score (nSPS) is 14.9. The number of halogens is 1. The van der Waals surface area contributed by atoms with Gasteiger partial charge in [-0.25, -0.2) is 4.79 Å². The summed E-state index contributed by atoms with van der Waals surface area (Å²) in [6.07, 6.45) is 2.08. The number of nitrogens with zero attached hydrogens (tertiary/aromatic N) is 2. The lowest BCUT2D eigenvalue weighted by molar-refractivity contribution is 0.239. The van der Waals surface area contributed by atoms with E-state index in [1.165, 1.54) is 11.8 Å². The lowest BCUT2D eigenvalue weighted by atomic mass is 10.1. The number of aryl methyl sites for hydroxylation is 2. The quantitative estimate of drug-likeness (QED) is 0.380. The second-order valence-corrected chi connectivity index (χ2v) is 8.68. The summed E-state index contributed by atoms with van der Waals surface area (Å²) in [7, 11) is 0. The van der Waals surface area contributed by atoms with E-state index < -0.39 is 0 Å². The molecule has 0 bridgehead atoms. The molecule has 1 aliphatic rings. The van der Waals surface area contributed by atoms with Crippen LogP contribution in [0.1, 0.15) is 24.0 Å². The van der Waals surface area contributed by atoms with E-state index >= 15 is 0 Å². The van der Waals surface area contributed by atoms with Gasteiger partial charge >= 0.3 is 5.63 Å². The molecule has 0 spiro atoms. The van der Waals surface area contributed by atoms with E-state index in [4.69, 9.17) is 20.8 Å². The van der Waals surface area contributed by atoms with Crippen LogP contribution in [-0.2, 0) is 0 Å². The van der Waals surface area contributed by atoms with Gasteiger partial charge in [-0.1, -0.05) is 11.6 Å². The second-order valence-electron chi connectivity index (χ2n) is 8.25. The Morgan fingerprint density at radius 3 is 2.48 bits per heavy atom. The van der Waals surface area contributed by atoms with Crippen molar-refractivity contribution in [3.63, 3.8) is 0 Å². The van der Waals surface area contributed by atoms with Crippen LogP contribution in [0.15, 0.2) is 51.7 Å². The van der Waals surface area contributed by atoms with Gasteiger partial charge in [0.2, 0.25) is 0 Å². The van der Waals surface area contributed by atoms with E-state index in [-0.39, 0.29) is 5.63 Å². The smallest absolute Gasteiger partial charge is 0.336 e. The number of ether oxygens (including phenoxy) is 1. The molecule has 5 nitrogen and oxygen atoms in total. The SMILES string of the molecule is Cc1cc(OCCCCN2CCN(c3ccc(Cl)cc3)CC2)c2c(C)cc(=O)oc2c1. The number of piperazine rings is 1. The Balaban J connectivity index is 1.23. The molecule has 0 radical (unpaired) electrons. The predicted octanol–water partition coefficient (Wildman–Crippen LogP) is 5.04. The van der Waals surface area contributed by atoms with Gasteiger partial charge in [-0.15, -0.1) is 0 Å². The molecule has 1 saturated heterocycles. The van der Waals surface area contributed by atoms with E-state index in [0.29, 0.717) is 12.2 Å². The number of hydrogen-bond acceptors (Lipinski definition) is 5. The summed E-state index contributed by atoms with van der Waals surface area (Å²) in [6, 6.07) is 13.5. The number of fused-ring (bicyclic) bond motifs is 1. The second kappa shape index (κ2) is 9.75. The fraction of sp³-hybridized carbons (Fsp3) is 0.400. The third-order valence-corrected chi connectivity index (χ3v) is 6.09. The van der Waals surface area contributed by atoms with Crippen LogP contribution in [0.4, 0.5) is 5.69 Å². The van der Waals surface area contributed by atoms with E-state index in [0.717, 1.165) is 72.9 Å². The van der Waals surface area contributed by atoms with Crippen molar-refractivity contribution >= 4 is 28.3 Å². The van der Waals surface area contributed by atoms with Gasteiger partial charge < -0.3 is 14.1 Å². The first kappa shape index (κ1) is 21.7. The first-order valence-electron chi connectivity index (χ1n) is 10.9. The van der Waals surface area contributed by atoms with Crippen LogP contribution in [0.3, 0.4) is 0 Å². The lowest BCUT2D eigenvalue weighted by Crippen LogP contribution is -2.46. The molecule has 164 valence electrons. The standard InChI is InChI=1S/C25H29ClN2O3/c1-18-15-22(25-19(2)17-24(29)31-23(25)16-18)30-14-4-3-9-27-10-12-28(13-11-27)21-7-5-20(26)6-8-21/h5-8,15-17H,3-4,9-14H2,1-2H3. The molecule has 1 aromatic heterocycles. The molecule has 0 aliphatic carbocycles. The minimum Gasteiger partial charge on any atom is -0.493 e. The molecule has 6 heteroatoms. The zero-order valence-electron chi connectivity index (χ0n) is 18.2. The number of rotatable bonds is 7.